The van der Waals surface area contributed by atoms with Gasteiger partial charge in [0.2, 0.25) is 5.91 Å². The predicted molar refractivity (Wildman–Crippen MR) is 56.0 cm³/mol. The number of nitrogens with one attached hydrogen (secondary N) is 1. The first kappa shape index (κ1) is 13.9. The van der Waals surface area contributed by atoms with E-state index in [1.165, 1.54) is 6.92 Å². The van der Waals surface area contributed by atoms with E-state index in [9.17, 15) is 14.7 Å². The lowest BCUT2D eigenvalue weighted by Crippen LogP contribution is -2.38. The Morgan fingerprint density at radius 2 is 1.93 bits per heavy atom. The molecule has 88 valence electrons. The van der Waals surface area contributed by atoms with Gasteiger partial charge in [0.15, 0.2) is 0 Å². The van der Waals surface area contributed by atoms with Crippen molar-refractivity contribution < 1.29 is 14.7 Å². The number of unbranched alkanes of at least 4 members (excludes halogenated alkanes) is 3. The van der Waals surface area contributed by atoms with Crippen molar-refractivity contribution in [2.24, 2.45) is 0 Å². The molecule has 0 aromatic carbocycles. The number of hydrogen-bond acceptors (Lipinski definition) is 3. The fraction of sp³-hybridized carbons (Fsp3) is 0.818. The first-order valence-corrected chi connectivity index (χ1v) is 5.53. The van der Waals surface area contributed by atoms with E-state index in [-0.39, 0.29) is 18.4 Å². The minimum absolute atomic E-state index is 0.0916. The molecule has 0 aliphatic heterocycles. The summed E-state index contributed by atoms with van der Waals surface area (Å²) in [5.74, 6) is -1.29. The van der Waals surface area contributed by atoms with Gasteiger partial charge in [0, 0.05) is 25.4 Å². The van der Waals surface area contributed by atoms with Crippen molar-refractivity contribution >= 4 is 11.9 Å². The van der Waals surface area contributed by atoms with Crippen LogP contribution in [0.1, 0.15) is 52.4 Å². The molecule has 4 heteroatoms. The van der Waals surface area contributed by atoms with E-state index in [1.807, 2.05) is 0 Å². The summed E-state index contributed by atoms with van der Waals surface area (Å²) < 4.78 is 0. The lowest BCUT2D eigenvalue weighted by molar-refractivity contribution is -0.306. The van der Waals surface area contributed by atoms with Crippen molar-refractivity contribution in [1.29, 1.82) is 0 Å². The molecule has 15 heavy (non-hydrogen) atoms. The molecule has 0 radical (unpaired) electrons. The van der Waals surface area contributed by atoms with Crippen molar-refractivity contribution in [3.63, 3.8) is 0 Å². The normalized spacial score (nSPS) is 12.1. The van der Waals surface area contributed by atoms with Crippen LogP contribution in [0.2, 0.25) is 0 Å². The topological polar surface area (TPSA) is 69.2 Å². The Bertz CT molecular complexity index is 188. The molecule has 0 aliphatic carbocycles. The van der Waals surface area contributed by atoms with Gasteiger partial charge < -0.3 is 15.2 Å². The quantitative estimate of drug-likeness (QED) is 0.602. The molecular weight excluding hydrogens is 194 g/mol. The average molecular weight is 214 g/mol. The van der Waals surface area contributed by atoms with Crippen molar-refractivity contribution in [3.05, 3.63) is 0 Å². The zero-order chi connectivity index (χ0) is 11.7. The maximum Gasteiger partial charge on any atom is 0.217 e. The van der Waals surface area contributed by atoms with Crippen molar-refractivity contribution in [3.8, 4) is 0 Å². The van der Waals surface area contributed by atoms with Crippen LogP contribution in [-0.2, 0) is 9.59 Å². The summed E-state index contributed by atoms with van der Waals surface area (Å²) in [5, 5.41) is 13.0. The van der Waals surface area contributed by atoms with Gasteiger partial charge in [0.1, 0.15) is 0 Å². The maximum atomic E-state index is 10.8. The van der Waals surface area contributed by atoms with Crippen LogP contribution in [0.5, 0.6) is 0 Å². The smallest absolute Gasteiger partial charge is 0.217 e. The summed E-state index contributed by atoms with van der Waals surface area (Å²) in [6.07, 6.45) is 4.95. The van der Waals surface area contributed by atoms with Crippen LogP contribution in [0.25, 0.3) is 0 Å². The van der Waals surface area contributed by atoms with Gasteiger partial charge in [-0.15, -0.1) is 0 Å². The maximum absolute atomic E-state index is 10.8. The van der Waals surface area contributed by atoms with Gasteiger partial charge in [-0.05, 0) is 6.42 Å². The molecule has 0 fully saturated rings. The van der Waals surface area contributed by atoms with Crippen LogP contribution < -0.4 is 10.4 Å². The first-order valence-electron chi connectivity index (χ1n) is 5.53. The minimum Gasteiger partial charge on any atom is -0.550 e. The highest BCUT2D eigenvalue weighted by atomic mass is 16.4. The van der Waals surface area contributed by atoms with E-state index in [4.69, 9.17) is 0 Å². The Labute approximate surface area is 91.1 Å². The van der Waals surface area contributed by atoms with Gasteiger partial charge in [-0.2, -0.15) is 0 Å². The van der Waals surface area contributed by atoms with E-state index in [0.29, 0.717) is 6.42 Å². The minimum atomic E-state index is -1.11. The Kier molecular flexibility index (Phi) is 7.68. The lowest BCUT2D eigenvalue weighted by atomic mass is 10.0. The van der Waals surface area contributed by atoms with Crippen molar-refractivity contribution in [1.82, 2.24) is 5.32 Å². The Balaban J connectivity index is 3.79. The number of carbonyl (C=O) groups is 2. The molecule has 0 rings (SSSR count). The highest BCUT2D eigenvalue weighted by Gasteiger charge is 2.09. The fourth-order valence-corrected chi connectivity index (χ4v) is 1.53. The number of hydrogen-bond donors (Lipinski definition) is 1. The number of amides is 1. The number of rotatable bonds is 8. The van der Waals surface area contributed by atoms with Gasteiger partial charge in [0.25, 0.3) is 0 Å². The van der Waals surface area contributed by atoms with Gasteiger partial charge in [0.05, 0.1) is 0 Å². The molecule has 1 amide bonds. The molecule has 0 spiro atoms. The van der Waals surface area contributed by atoms with E-state index in [2.05, 4.69) is 12.2 Å². The molecule has 1 N–H and O–H groups in total. The van der Waals surface area contributed by atoms with Crippen molar-refractivity contribution in [2.45, 2.75) is 58.4 Å². The monoisotopic (exact) mass is 214 g/mol. The Morgan fingerprint density at radius 3 is 2.40 bits per heavy atom. The molecule has 0 bridgehead atoms. The SMILES string of the molecule is CCCCCC[C@@H](CC(=O)[O-])NC(C)=O. The second-order valence-electron chi connectivity index (χ2n) is 3.82. The molecule has 1 atom stereocenters. The summed E-state index contributed by atoms with van der Waals surface area (Å²) in [4.78, 5) is 21.2. The largest absolute Gasteiger partial charge is 0.550 e. The van der Waals surface area contributed by atoms with Crippen LogP contribution in [0, 0.1) is 0 Å². The molecule has 0 heterocycles. The second-order valence-corrected chi connectivity index (χ2v) is 3.82. The third-order valence-electron chi connectivity index (χ3n) is 2.23. The van der Waals surface area contributed by atoms with E-state index in [1.54, 1.807) is 0 Å². The van der Waals surface area contributed by atoms with Gasteiger partial charge in [-0.25, -0.2) is 0 Å². The van der Waals surface area contributed by atoms with E-state index < -0.39 is 5.97 Å². The van der Waals surface area contributed by atoms with Gasteiger partial charge in [-0.3, -0.25) is 4.79 Å². The van der Waals surface area contributed by atoms with Crippen LogP contribution in [0.3, 0.4) is 0 Å². The van der Waals surface area contributed by atoms with Crippen LogP contribution in [-0.4, -0.2) is 17.9 Å². The van der Waals surface area contributed by atoms with E-state index >= 15 is 0 Å². The molecule has 0 aromatic heterocycles. The fourth-order valence-electron chi connectivity index (χ4n) is 1.53. The summed E-state index contributed by atoms with van der Waals surface area (Å²) in [5.41, 5.74) is 0. The first-order chi connectivity index (χ1) is 7.06. The standard InChI is InChI=1S/C11H21NO3/c1-3-4-5-6-7-10(8-11(14)15)12-9(2)13/h10H,3-8H2,1-2H3,(H,12,13)(H,14,15)/p-1/t10-/m0/s1. The number of aliphatic carboxylic acids is 1. The molecule has 0 aromatic rings. The zero-order valence-corrected chi connectivity index (χ0v) is 9.54. The summed E-state index contributed by atoms with van der Waals surface area (Å²) in [6, 6.07) is -0.274. The second kappa shape index (κ2) is 8.26. The molecule has 0 aliphatic rings. The van der Waals surface area contributed by atoms with Crippen LogP contribution in [0.15, 0.2) is 0 Å². The highest BCUT2D eigenvalue weighted by Crippen LogP contribution is 2.07. The molecule has 0 saturated carbocycles. The highest BCUT2D eigenvalue weighted by molar-refractivity contribution is 5.74. The summed E-state index contributed by atoms with van der Waals surface area (Å²) in [7, 11) is 0. The number of carbonyl (C=O) groups excluding carboxylic acids is 2. The average Bonchev–Trinajstić information content (AvgIpc) is 2.10. The molecule has 4 nitrogen and oxygen atoms in total. The third-order valence-corrected chi connectivity index (χ3v) is 2.23. The van der Waals surface area contributed by atoms with Crippen molar-refractivity contribution in [2.75, 3.05) is 0 Å². The van der Waals surface area contributed by atoms with Gasteiger partial charge in [-0.1, -0.05) is 32.6 Å². The predicted octanol–water partition coefficient (Wildman–Crippen LogP) is 0.601. The number of carboxylic acids is 1. The lowest BCUT2D eigenvalue weighted by Gasteiger charge is -2.18. The van der Waals surface area contributed by atoms with Gasteiger partial charge >= 0.3 is 0 Å². The zero-order valence-electron chi connectivity index (χ0n) is 9.54. The van der Waals surface area contributed by atoms with Crippen LogP contribution >= 0.6 is 0 Å². The molecular formula is C11H20NO3-. The van der Waals surface area contributed by atoms with Crippen LogP contribution in [0.4, 0.5) is 0 Å². The Hall–Kier alpha value is -1.06. The van der Waals surface area contributed by atoms with E-state index in [0.717, 1.165) is 25.7 Å². The summed E-state index contributed by atoms with van der Waals surface area (Å²) >= 11 is 0. The molecule has 0 saturated heterocycles. The molecule has 0 unspecified atom stereocenters. The summed E-state index contributed by atoms with van der Waals surface area (Å²) in [6.45, 7) is 3.51. The third kappa shape index (κ3) is 9.25. The Morgan fingerprint density at radius 1 is 1.27 bits per heavy atom. The number of carboxylic acid groups (broad SMARTS) is 1.